The number of nitrogens with zero attached hydrogens (tertiary/aromatic N) is 1. The zero-order chi connectivity index (χ0) is 16.5. The number of rotatable bonds is 3. The minimum atomic E-state index is 0. The number of hydrogen-bond donors (Lipinski definition) is 2. The van der Waals surface area contributed by atoms with Gasteiger partial charge in [-0.15, -0.1) is 24.8 Å². The maximum atomic E-state index is 12.6. The van der Waals surface area contributed by atoms with E-state index in [2.05, 4.69) is 40.5 Å². The smallest absolute Gasteiger partial charge is 0.227 e. The molecule has 4 nitrogen and oxygen atoms in total. The van der Waals surface area contributed by atoms with E-state index in [0.29, 0.717) is 0 Å². The minimum absolute atomic E-state index is 0. The van der Waals surface area contributed by atoms with Gasteiger partial charge in [0.25, 0.3) is 0 Å². The molecule has 2 aromatic rings. The lowest BCUT2D eigenvalue weighted by atomic mass is 10.1. The highest BCUT2D eigenvalue weighted by Gasteiger charge is 2.29. The van der Waals surface area contributed by atoms with Gasteiger partial charge in [0, 0.05) is 24.2 Å². The van der Waals surface area contributed by atoms with E-state index in [1.807, 2.05) is 18.2 Å². The van der Waals surface area contributed by atoms with Crippen molar-refractivity contribution in [2.75, 3.05) is 16.8 Å². The highest BCUT2D eigenvalue weighted by molar-refractivity contribution is 5.97. The van der Waals surface area contributed by atoms with Crippen molar-refractivity contribution in [3.05, 3.63) is 54.1 Å². The third kappa shape index (κ3) is 3.98. The van der Waals surface area contributed by atoms with Gasteiger partial charge in [-0.05, 0) is 49.4 Å². The molecule has 0 aromatic heterocycles. The van der Waals surface area contributed by atoms with Crippen molar-refractivity contribution < 1.29 is 4.79 Å². The van der Waals surface area contributed by atoms with Crippen LogP contribution >= 0.6 is 24.8 Å². The van der Waals surface area contributed by atoms with Crippen molar-refractivity contribution >= 4 is 47.8 Å². The average molecular weight is 394 g/mol. The fourth-order valence-corrected chi connectivity index (χ4v) is 3.89. The number of amides is 1. The predicted octanol–water partition coefficient (Wildman–Crippen LogP) is 4.29. The summed E-state index contributed by atoms with van der Waals surface area (Å²) in [5, 5.41) is 3.14. The Balaban J connectivity index is 0.00000121. The quantitative estimate of drug-likeness (QED) is 0.817. The fourth-order valence-electron chi connectivity index (χ4n) is 3.89. The summed E-state index contributed by atoms with van der Waals surface area (Å²) < 4.78 is 0. The van der Waals surface area contributed by atoms with Crippen LogP contribution in [0.1, 0.15) is 24.8 Å². The number of fused-ring (bicyclic) bond motifs is 1. The van der Waals surface area contributed by atoms with Crippen LogP contribution < -0.4 is 16.0 Å². The number of halogens is 2. The van der Waals surface area contributed by atoms with Crippen LogP contribution in [0.5, 0.6) is 0 Å². The van der Waals surface area contributed by atoms with Gasteiger partial charge in [0.05, 0.1) is 11.4 Å². The largest absolute Gasteiger partial charge is 0.339 e. The Bertz CT molecular complexity index is 768. The number of anilines is 3. The first-order valence-corrected chi connectivity index (χ1v) is 8.73. The summed E-state index contributed by atoms with van der Waals surface area (Å²) in [6, 6.07) is 16.7. The fraction of sp³-hybridized carbons (Fsp3) is 0.350. The monoisotopic (exact) mass is 393 g/mol. The molecule has 1 amide bonds. The minimum Gasteiger partial charge on any atom is -0.339 e. The second-order valence-corrected chi connectivity index (χ2v) is 6.81. The van der Waals surface area contributed by atoms with Gasteiger partial charge in [-0.3, -0.25) is 4.79 Å². The van der Waals surface area contributed by atoms with Crippen LogP contribution in [0.3, 0.4) is 0 Å². The van der Waals surface area contributed by atoms with E-state index < -0.39 is 0 Å². The summed E-state index contributed by atoms with van der Waals surface area (Å²) in [5.41, 5.74) is 10.5. The summed E-state index contributed by atoms with van der Waals surface area (Å²) in [5.74, 6) is 0.141. The standard InChI is InChI=1S/C20H23N3O.2ClH/c21-16-10-9-15(13-16)20(24)22-17-6-2-4-8-19(17)23-12-11-14-5-1-3-7-18(14)23;;/h1-8,15-16H,9-13,21H2,(H,22,24);2*1H. The van der Waals surface area contributed by atoms with Crippen LogP contribution in [0.2, 0.25) is 0 Å². The van der Waals surface area contributed by atoms with Crippen molar-refractivity contribution in [3.63, 3.8) is 0 Å². The molecule has 4 rings (SSSR count). The number of carbonyl (C=O) groups excluding carboxylic acids is 1. The Kier molecular flexibility index (Phi) is 6.93. The zero-order valence-electron chi connectivity index (χ0n) is 14.6. The van der Waals surface area contributed by atoms with E-state index in [-0.39, 0.29) is 42.7 Å². The first-order valence-electron chi connectivity index (χ1n) is 8.73. The lowest BCUT2D eigenvalue weighted by Crippen LogP contribution is -2.24. The molecule has 0 spiro atoms. The van der Waals surface area contributed by atoms with E-state index in [1.54, 1.807) is 0 Å². The van der Waals surface area contributed by atoms with Gasteiger partial charge in [-0.1, -0.05) is 30.3 Å². The molecule has 1 aliphatic heterocycles. The summed E-state index contributed by atoms with van der Waals surface area (Å²) in [6.07, 6.45) is 3.66. The molecule has 1 saturated carbocycles. The Morgan fingerprint density at radius 2 is 1.69 bits per heavy atom. The second kappa shape index (κ2) is 8.76. The van der Waals surface area contributed by atoms with Crippen LogP contribution in [0.15, 0.2) is 48.5 Å². The summed E-state index contributed by atoms with van der Waals surface area (Å²) in [4.78, 5) is 14.9. The molecule has 26 heavy (non-hydrogen) atoms. The summed E-state index contributed by atoms with van der Waals surface area (Å²) in [6.45, 7) is 0.945. The number of benzene rings is 2. The van der Waals surface area contributed by atoms with E-state index in [0.717, 1.165) is 43.6 Å². The Morgan fingerprint density at radius 1 is 1.00 bits per heavy atom. The highest BCUT2D eigenvalue weighted by Crippen LogP contribution is 2.38. The second-order valence-electron chi connectivity index (χ2n) is 6.81. The number of nitrogens with two attached hydrogens (primary N) is 1. The van der Waals surface area contributed by atoms with Crippen molar-refractivity contribution in [3.8, 4) is 0 Å². The molecular formula is C20H25Cl2N3O. The molecule has 2 atom stereocenters. The number of hydrogen-bond acceptors (Lipinski definition) is 3. The van der Waals surface area contributed by atoms with Gasteiger partial charge < -0.3 is 16.0 Å². The molecule has 0 bridgehead atoms. The first-order chi connectivity index (χ1) is 11.7. The van der Waals surface area contributed by atoms with Gasteiger partial charge in [-0.25, -0.2) is 0 Å². The van der Waals surface area contributed by atoms with Gasteiger partial charge in [-0.2, -0.15) is 0 Å². The third-order valence-electron chi connectivity index (χ3n) is 5.18. The number of carbonyl (C=O) groups is 1. The molecule has 2 aromatic carbocycles. The molecular weight excluding hydrogens is 369 g/mol. The lowest BCUT2D eigenvalue weighted by molar-refractivity contribution is -0.119. The Hall–Kier alpha value is -1.75. The van der Waals surface area contributed by atoms with E-state index >= 15 is 0 Å². The first kappa shape index (κ1) is 20.6. The van der Waals surface area contributed by atoms with Gasteiger partial charge >= 0.3 is 0 Å². The number of para-hydroxylation sites is 3. The van der Waals surface area contributed by atoms with E-state index in [1.165, 1.54) is 11.3 Å². The molecule has 1 fully saturated rings. The Morgan fingerprint density at radius 3 is 2.42 bits per heavy atom. The summed E-state index contributed by atoms with van der Waals surface area (Å²) in [7, 11) is 0. The normalized spacial score (nSPS) is 20.7. The number of nitrogens with one attached hydrogen (secondary N) is 1. The molecule has 6 heteroatoms. The topological polar surface area (TPSA) is 58.4 Å². The molecule has 2 aliphatic rings. The molecule has 1 aliphatic carbocycles. The van der Waals surface area contributed by atoms with Crippen molar-refractivity contribution in [2.45, 2.75) is 31.7 Å². The van der Waals surface area contributed by atoms with Crippen LogP contribution in [0, 0.1) is 5.92 Å². The molecule has 1 heterocycles. The predicted molar refractivity (Wildman–Crippen MR) is 112 cm³/mol. The molecule has 3 N–H and O–H groups in total. The average Bonchev–Trinajstić information content (AvgIpc) is 3.22. The van der Waals surface area contributed by atoms with E-state index in [4.69, 9.17) is 5.73 Å². The van der Waals surface area contributed by atoms with Gasteiger partial charge in [0.15, 0.2) is 0 Å². The van der Waals surface area contributed by atoms with Crippen LogP contribution in [-0.4, -0.2) is 18.5 Å². The SMILES string of the molecule is Cl.Cl.NC1CCC(C(=O)Nc2ccccc2N2CCc3ccccc32)C1. The van der Waals surface area contributed by atoms with Crippen molar-refractivity contribution in [1.82, 2.24) is 0 Å². The van der Waals surface area contributed by atoms with Crippen LogP contribution in [0.25, 0.3) is 0 Å². The maximum Gasteiger partial charge on any atom is 0.227 e. The van der Waals surface area contributed by atoms with Gasteiger partial charge in [0.2, 0.25) is 5.91 Å². The maximum absolute atomic E-state index is 12.6. The van der Waals surface area contributed by atoms with Crippen LogP contribution in [0.4, 0.5) is 17.1 Å². The molecule has 2 unspecified atom stereocenters. The van der Waals surface area contributed by atoms with Crippen molar-refractivity contribution in [1.29, 1.82) is 0 Å². The molecule has 140 valence electrons. The van der Waals surface area contributed by atoms with Crippen LogP contribution in [-0.2, 0) is 11.2 Å². The molecule has 0 radical (unpaired) electrons. The van der Waals surface area contributed by atoms with Crippen molar-refractivity contribution in [2.24, 2.45) is 11.7 Å². The lowest BCUT2D eigenvalue weighted by Gasteiger charge is -2.23. The van der Waals surface area contributed by atoms with E-state index in [9.17, 15) is 4.79 Å². The van der Waals surface area contributed by atoms with Gasteiger partial charge in [0.1, 0.15) is 0 Å². The Labute approximate surface area is 167 Å². The summed E-state index contributed by atoms with van der Waals surface area (Å²) >= 11 is 0. The third-order valence-corrected chi connectivity index (χ3v) is 5.18. The molecule has 0 saturated heterocycles. The zero-order valence-corrected chi connectivity index (χ0v) is 16.2. The highest BCUT2D eigenvalue weighted by atomic mass is 35.5.